The Hall–Kier alpha value is -5.99. The zero-order chi connectivity index (χ0) is 51.8. The van der Waals surface area contributed by atoms with E-state index in [1.54, 1.807) is 0 Å². The number of phenolic OH excluding ortho intramolecular Hbond substituents is 1. The van der Waals surface area contributed by atoms with Crippen LogP contribution < -0.4 is 4.74 Å². The molecule has 10 rings (SSSR count). The van der Waals surface area contributed by atoms with Gasteiger partial charge in [-0.3, -0.25) is 0 Å². The van der Waals surface area contributed by atoms with Gasteiger partial charge in [0.1, 0.15) is 11.5 Å². The number of ether oxygens (including phenoxy) is 2. The number of nitrogens with one attached hydrogen (secondary N) is 2. The van der Waals surface area contributed by atoms with Crippen LogP contribution in [0.3, 0.4) is 0 Å². The average Bonchev–Trinajstić information content (AvgIpc) is 3.91. The van der Waals surface area contributed by atoms with Gasteiger partial charge in [-0.05, 0) is 104 Å². The third-order valence-electron chi connectivity index (χ3n) is 15.1. The fraction of sp³-hybridized carbons (Fsp3) is 0.304. The van der Waals surface area contributed by atoms with Crippen LogP contribution >= 0.6 is 0 Å². The maximum absolute atomic E-state index is 13.3. The maximum Gasteiger partial charge on any atom is 0.203 e. The van der Waals surface area contributed by atoms with E-state index in [-0.39, 0.29) is 74.7 Å². The summed E-state index contributed by atoms with van der Waals surface area (Å²) in [5, 5.41) is 30.4. The van der Waals surface area contributed by atoms with Gasteiger partial charge in [-0.15, -0.1) is 0 Å². The molecule has 0 bridgehead atoms. The molecule has 1 aliphatic rings. The van der Waals surface area contributed by atoms with E-state index in [0.717, 1.165) is 60.7 Å². The second-order valence-corrected chi connectivity index (χ2v) is 24.5. The Balaban J connectivity index is 0.00000280. The van der Waals surface area contributed by atoms with Crippen molar-refractivity contribution in [3.05, 3.63) is 200 Å². The molecule has 2 unspecified atom stereocenters. The molecule has 394 valence electrons. The summed E-state index contributed by atoms with van der Waals surface area (Å²) >= 11 is 0. The van der Waals surface area contributed by atoms with Gasteiger partial charge in [0, 0.05) is 92.7 Å². The first-order valence-corrected chi connectivity index (χ1v) is 26.1. The summed E-state index contributed by atoms with van der Waals surface area (Å²) in [6.07, 6.45) is 6.61. The number of benzene rings is 7. The van der Waals surface area contributed by atoms with E-state index in [1.807, 2.05) is 78.9 Å². The number of aliphatic hydroxyl groups is 1. The normalized spacial score (nSPS) is 16.1. The molecular weight excluding hydrogens is 1100 g/mol. The van der Waals surface area contributed by atoms with E-state index < -0.39 is 11.7 Å². The van der Waals surface area contributed by atoms with E-state index >= 15 is 0 Å². The van der Waals surface area contributed by atoms with Crippen molar-refractivity contribution in [1.29, 1.82) is 0 Å². The van der Waals surface area contributed by atoms with Gasteiger partial charge < -0.3 is 44.5 Å². The molecule has 76 heavy (non-hydrogen) atoms. The molecule has 0 fully saturated rings. The summed E-state index contributed by atoms with van der Waals surface area (Å²) in [5.74, 6) is -1.41. The van der Waals surface area contributed by atoms with Gasteiger partial charge in [0.25, 0.3) is 0 Å². The Morgan fingerprint density at radius 1 is 0.513 bits per heavy atom. The second kappa shape index (κ2) is 21.4. The van der Waals surface area contributed by atoms with Crippen molar-refractivity contribution in [3.8, 4) is 33.8 Å². The molecule has 6 nitrogen and oxygen atoms in total. The van der Waals surface area contributed by atoms with Crippen LogP contribution in [0.15, 0.2) is 152 Å². The summed E-state index contributed by atoms with van der Waals surface area (Å²) in [6, 6.07) is 46.5. The van der Waals surface area contributed by atoms with Gasteiger partial charge in [0.05, 0.1) is 30.2 Å². The Morgan fingerprint density at radius 3 is 1.61 bits per heavy atom. The summed E-state index contributed by atoms with van der Waals surface area (Å²) in [5.41, 5.74) is 14.5. The second-order valence-electron chi connectivity index (χ2n) is 24.5. The van der Waals surface area contributed by atoms with Crippen LogP contribution in [-0.2, 0) is 52.2 Å². The molecule has 0 radical (unpaired) electrons. The standard InChI is InChI=1S/C67H72N2O4.2CH3.Hf/c1-63(2,3)42-29-31-57-49(35-42)52-38-44(65(7,8)9)37-51(60(52)68-57)48-25-18-24-47(62(48)70)46-23-16-17-28-59(46)72-33-20-34-73-67(71)55(41-21-14-13-15-22-41)26-19-27-56(67)54-40-45(66(10,11)12)39-53-50-36-43(64(4,5)6)30-32-58(50)69-61(53)54;;;/h13-19,21-32,35-40,56,68-71H,20,33-34H2,1-12H3;2*1H3;/q;2*-1;. The maximum atomic E-state index is 13.3. The van der Waals surface area contributed by atoms with Crippen molar-refractivity contribution in [2.24, 2.45) is 0 Å². The zero-order valence-electron chi connectivity index (χ0n) is 47.3. The zero-order valence-corrected chi connectivity index (χ0v) is 50.9. The smallest absolute Gasteiger partial charge is 0.203 e. The number of para-hydroxylation sites is 2. The third-order valence-corrected chi connectivity index (χ3v) is 15.1. The minimum atomic E-state index is -1.72. The number of aromatic amines is 2. The fourth-order valence-corrected chi connectivity index (χ4v) is 10.6. The number of H-pyrrole nitrogens is 2. The number of rotatable bonds is 10. The largest absolute Gasteiger partial charge is 0.507 e. The number of hydrogen-bond donors (Lipinski definition) is 4. The summed E-state index contributed by atoms with van der Waals surface area (Å²) in [4.78, 5) is 7.54. The Labute approximate surface area is 471 Å². The first-order valence-electron chi connectivity index (χ1n) is 26.1. The van der Waals surface area contributed by atoms with Crippen LogP contribution in [0, 0.1) is 14.9 Å². The van der Waals surface area contributed by atoms with E-state index in [4.69, 9.17) is 9.47 Å². The predicted molar refractivity (Wildman–Crippen MR) is 319 cm³/mol. The molecule has 0 spiro atoms. The van der Waals surface area contributed by atoms with Crippen molar-refractivity contribution < 1.29 is 45.5 Å². The van der Waals surface area contributed by atoms with Gasteiger partial charge in [0.15, 0.2) is 0 Å². The van der Waals surface area contributed by atoms with Crippen molar-refractivity contribution in [1.82, 2.24) is 9.97 Å². The molecule has 2 heterocycles. The molecule has 0 aliphatic heterocycles. The number of aromatic hydroxyl groups is 1. The topological polar surface area (TPSA) is 90.5 Å². The molecule has 2 aromatic heterocycles. The first-order chi connectivity index (χ1) is 34.5. The molecule has 7 heteroatoms. The van der Waals surface area contributed by atoms with Crippen molar-refractivity contribution in [2.45, 2.75) is 123 Å². The van der Waals surface area contributed by atoms with E-state index in [2.05, 4.69) is 166 Å². The van der Waals surface area contributed by atoms with E-state index in [1.165, 1.54) is 33.0 Å². The molecule has 4 N–H and O–H groups in total. The van der Waals surface area contributed by atoms with Gasteiger partial charge >= 0.3 is 0 Å². The van der Waals surface area contributed by atoms with Crippen LogP contribution in [0.5, 0.6) is 11.5 Å². The van der Waals surface area contributed by atoms with Crippen LogP contribution in [0.4, 0.5) is 0 Å². The molecule has 0 amide bonds. The van der Waals surface area contributed by atoms with E-state index in [9.17, 15) is 10.2 Å². The van der Waals surface area contributed by atoms with Crippen molar-refractivity contribution >= 4 is 49.2 Å². The molecule has 1 aliphatic carbocycles. The van der Waals surface area contributed by atoms with Crippen molar-refractivity contribution in [2.75, 3.05) is 13.2 Å². The average molecular weight is 1180 g/mol. The molecule has 0 saturated carbocycles. The quantitative estimate of drug-likeness (QED) is 0.0475. The fourth-order valence-electron chi connectivity index (χ4n) is 10.6. The monoisotopic (exact) mass is 1180 g/mol. The molecule has 2 atom stereocenters. The minimum absolute atomic E-state index is 0. The van der Waals surface area contributed by atoms with Gasteiger partial charge in [-0.1, -0.05) is 186 Å². The number of aromatic nitrogens is 2. The Bertz CT molecular complexity index is 3620. The number of fused-ring (bicyclic) bond motifs is 6. The third kappa shape index (κ3) is 10.8. The van der Waals surface area contributed by atoms with E-state index in [0.29, 0.717) is 29.9 Å². The Morgan fingerprint density at radius 2 is 1.01 bits per heavy atom. The number of phenols is 1. The van der Waals surface area contributed by atoms with Crippen LogP contribution in [0.25, 0.3) is 71.4 Å². The SMILES string of the molecule is CC(C)(C)c1ccc2[nH]c3c(-c4cccc(-c5ccccc5OCCCOC5(O)C(c6ccccc6)=CC=CC5c5cc(C(C)(C)C)cc6c5[nH]c5ccc(C(C)(C)C)cc56)c4O)cc(C(C)(C)C)cc3c2c1.[CH3-].[CH3-].[Hf]. The Kier molecular flexibility index (Phi) is 16.3. The van der Waals surface area contributed by atoms with Crippen LogP contribution in [-0.4, -0.2) is 39.2 Å². The minimum Gasteiger partial charge on any atom is -0.507 e. The molecule has 0 saturated heterocycles. The van der Waals surface area contributed by atoms with Gasteiger partial charge in [-0.2, -0.15) is 0 Å². The number of allylic oxidation sites excluding steroid dienone is 2. The first kappa shape index (κ1) is 57.7. The van der Waals surface area contributed by atoms with Crippen LogP contribution in [0.2, 0.25) is 0 Å². The van der Waals surface area contributed by atoms with Crippen molar-refractivity contribution in [3.63, 3.8) is 0 Å². The summed E-state index contributed by atoms with van der Waals surface area (Å²) in [7, 11) is 0. The molecule has 7 aromatic carbocycles. The van der Waals surface area contributed by atoms with Gasteiger partial charge in [-0.25, -0.2) is 0 Å². The van der Waals surface area contributed by atoms with Crippen LogP contribution in [0.1, 0.15) is 129 Å². The summed E-state index contributed by atoms with van der Waals surface area (Å²) in [6.45, 7) is 27.5. The molecular formula is C69H78HfN2O4-2. The molecule has 9 aromatic rings. The number of hydrogen-bond acceptors (Lipinski definition) is 4. The van der Waals surface area contributed by atoms with Gasteiger partial charge in [0.2, 0.25) is 5.79 Å². The summed E-state index contributed by atoms with van der Waals surface area (Å²) < 4.78 is 13.5. The predicted octanol–water partition coefficient (Wildman–Crippen LogP) is 18.0.